The second-order valence-electron chi connectivity index (χ2n) is 5.58. The van der Waals surface area contributed by atoms with Gasteiger partial charge in [0.05, 0.1) is 4.92 Å². The molecule has 1 aromatic rings. The van der Waals surface area contributed by atoms with Crippen molar-refractivity contribution in [3.8, 4) is 0 Å². The summed E-state index contributed by atoms with van der Waals surface area (Å²) >= 11 is 0. The van der Waals surface area contributed by atoms with E-state index in [0.717, 1.165) is 19.0 Å². The quantitative estimate of drug-likeness (QED) is 0.682. The van der Waals surface area contributed by atoms with Crippen molar-refractivity contribution >= 4 is 17.4 Å². The van der Waals surface area contributed by atoms with E-state index < -0.39 is 4.92 Å². The average Bonchev–Trinajstić information content (AvgIpc) is 2.48. The summed E-state index contributed by atoms with van der Waals surface area (Å²) in [6.07, 6.45) is 3.13. The zero-order chi connectivity index (χ0) is 15.6. The van der Waals surface area contributed by atoms with Gasteiger partial charge in [-0.05, 0) is 25.7 Å². The molecule has 1 amide bonds. The summed E-state index contributed by atoms with van der Waals surface area (Å²) in [5.74, 6) is 0.566. The van der Waals surface area contributed by atoms with Gasteiger partial charge in [0, 0.05) is 25.7 Å². The monoisotopic (exact) mass is 292 g/mol. The molecule has 114 valence electrons. The number of carbonyl (C=O) groups is 1. The van der Waals surface area contributed by atoms with E-state index in [1.807, 2.05) is 6.92 Å². The van der Waals surface area contributed by atoms with Gasteiger partial charge in [-0.3, -0.25) is 14.9 Å². The maximum absolute atomic E-state index is 12.7. The highest BCUT2D eigenvalue weighted by Crippen LogP contribution is 2.27. The number of nitrogens with zero attached hydrogens (tertiary/aromatic N) is 3. The van der Waals surface area contributed by atoms with Crippen LogP contribution in [0, 0.1) is 16.0 Å². The second-order valence-corrected chi connectivity index (χ2v) is 5.58. The third kappa shape index (κ3) is 3.12. The van der Waals surface area contributed by atoms with Gasteiger partial charge in [-0.1, -0.05) is 6.92 Å². The molecule has 21 heavy (non-hydrogen) atoms. The number of pyridine rings is 1. The molecule has 2 atom stereocenters. The van der Waals surface area contributed by atoms with Crippen molar-refractivity contribution in [2.45, 2.75) is 32.7 Å². The number of nitrogens with one attached hydrogen (secondary N) is 1. The lowest BCUT2D eigenvalue weighted by atomic mass is 9.94. The number of carbonyl (C=O) groups excluding carboxylic acids is 1. The van der Waals surface area contributed by atoms with Gasteiger partial charge in [0.2, 0.25) is 0 Å². The number of piperidine rings is 1. The van der Waals surface area contributed by atoms with Crippen LogP contribution < -0.4 is 5.32 Å². The third-order valence-corrected chi connectivity index (χ3v) is 3.94. The lowest BCUT2D eigenvalue weighted by Crippen LogP contribution is -2.45. The lowest BCUT2D eigenvalue weighted by molar-refractivity contribution is -0.385. The average molecular weight is 292 g/mol. The van der Waals surface area contributed by atoms with Gasteiger partial charge in [0.15, 0.2) is 0 Å². The molecule has 2 heterocycles. The first kappa shape index (κ1) is 15.2. The van der Waals surface area contributed by atoms with Crippen LogP contribution in [-0.4, -0.2) is 40.3 Å². The zero-order valence-corrected chi connectivity index (χ0v) is 12.5. The molecule has 1 aliphatic heterocycles. The first-order chi connectivity index (χ1) is 9.93. The minimum Gasteiger partial charge on any atom is -0.373 e. The molecule has 2 rings (SSSR count). The van der Waals surface area contributed by atoms with Crippen LogP contribution in [0.4, 0.5) is 11.5 Å². The van der Waals surface area contributed by atoms with Gasteiger partial charge in [0.25, 0.3) is 11.6 Å². The van der Waals surface area contributed by atoms with E-state index >= 15 is 0 Å². The summed E-state index contributed by atoms with van der Waals surface area (Å²) in [6, 6.07) is 1.55. The maximum Gasteiger partial charge on any atom is 0.300 e. The van der Waals surface area contributed by atoms with Crippen LogP contribution in [0.1, 0.15) is 37.0 Å². The molecular weight excluding hydrogens is 272 g/mol. The second kappa shape index (κ2) is 6.07. The fraction of sp³-hybridized carbons (Fsp3) is 0.571. The SMILES string of the molecule is CNc1cc(C(=O)N2CC(C)CCC2C)c([N+](=O)[O-])cn1. The maximum atomic E-state index is 12.7. The summed E-state index contributed by atoms with van der Waals surface area (Å²) in [7, 11) is 1.66. The van der Waals surface area contributed by atoms with Crippen molar-refractivity contribution in [3.05, 3.63) is 27.9 Å². The van der Waals surface area contributed by atoms with Crippen LogP contribution in [0.5, 0.6) is 0 Å². The zero-order valence-electron chi connectivity index (χ0n) is 12.5. The Morgan fingerprint density at radius 3 is 2.81 bits per heavy atom. The Labute approximate surface area is 123 Å². The molecule has 0 radical (unpaired) electrons. The molecule has 1 saturated heterocycles. The lowest BCUT2D eigenvalue weighted by Gasteiger charge is -2.36. The van der Waals surface area contributed by atoms with Crippen LogP contribution >= 0.6 is 0 Å². The topological polar surface area (TPSA) is 88.4 Å². The minimum absolute atomic E-state index is 0.0968. The highest BCUT2D eigenvalue weighted by molar-refractivity contribution is 5.99. The third-order valence-electron chi connectivity index (χ3n) is 3.94. The van der Waals surface area contributed by atoms with E-state index in [1.54, 1.807) is 11.9 Å². The number of hydrogen-bond acceptors (Lipinski definition) is 5. The van der Waals surface area contributed by atoms with E-state index in [1.165, 1.54) is 6.07 Å². The van der Waals surface area contributed by atoms with Crippen molar-refractivity contribution in [1.82, 2.24) is 9.88 Å². The molecule has 0 saturated carbocycles. The van der Waals surface area contributed by atoms with E-state index in [2.05, 4.69) is 17.2 Å². The summed E-state index contributed by atoms with van der Waals surface area (Å²) in [5, 5.41) is 13.9. The molecule has 0 aromatic carbocycles. The van der Waals surface area contributed by atoms with Crippen LogP contribution in [0.2, 0.25) is 0 Å². The highest BCUT2D eigenvalue weighted by Gasteiger charge is 2.31. The number of rotatable bonds is 3. The molecule has 7 nitrogen and oxygen atoms in total. The first-order valence-electron chi connectivity index (χ1n) is 7.07. The molecule has 7 heteroatoms. The Morgan fingerprint density at radius 2 is 2.19 bits per heavy atom. The normalized spacial score (nSPS) is 22.0. The van der Waals surface area contributed by atoms with Gasteiger partial charge >= 0.3 is 0 Å². The number of anilines is 1. The fourth-order valence-corrected chi connectivity index (χ4v) is 2.63. The number of aromatic nitrogens is 1. The van der Waals surface area contributed by atoms with Crippen molar-refractivity contribution in [2.24, 2.45) is 5.92 Å². The van der Waals surface area contributed by atoms with E-state index in [-0.39, 0.29) is 23.2 Å². The molecule has 1 aliphatic rings. The number of hydrogen-bond donors (Lipinski definition) is 1. The van der Waals surface area contributed by atoms with Crippen LogP contribution in [0.25, 0.3) is 0 Å². The van der Waals surface area contributed by atoms with Gasteiger partial charge in [-0.15, -0.1) is 0 Å². The van der Waals surface area contributed by atoms with Crippen LogP contribution in [0.15, 0.2) is 12.3 Å². The Kier molecular flexibility index (Phi) is 4.40. The molecule has 0 bridgehead atoms. The Hall–Kier alpha value is -2.18. The molecule has 0 aliphatic carbocycles. The smallest absolute Gasteiger partial charge is 0.300 e. The predicted molar refractivity (Wildman–Crippen MR) is 79.3 cm³/mol. The number of nitro groups is 1. The Bertz CT molecular complexity index is 561. The number of likely N-dealkylation sites (tertiary alicyclic amines) is 1. The predicted octanol–water partition coefficient (Wildman–Crippen LogP) is 2.29. The molecular formula is C14H20N4O3. The fourth-order valence-electron chi connectivity index (χ4n) is 2.63. The molecule has 1 fully saturated rings. The van der Waals surface area contributed by atoms with Crippen molar-refractivity contribution < 1.29 is 9.72 Å². The van der Waals surface area contributed by atoms with Crippen molar-refractivity contribution in [1.29, 1.82) is 0 Å². The first-order valence-corrected chi connectivity index (χ1v) is 7.07. The van der Waals surface area contributed by atoms with E-state index in [4.69, 9.17) is 0 Å². The van der Waals surface area contributed by atoms with Crippen molar-refractivity contribution in [2.75, 3.05) is 18.9 Å². The van der Waals surface area contributed by atoms with E-state index in [0.29, 0.717) is 18.3 Å². The summed E-state index contributed by atoms with van der Waals surface area (Å²) in [5.41, 5.74) is -0.148. The Balaban J connectivity index is 2.39. The molecule has 0 spiro atoms. The Morgan fingerprint density at radius 1 is 1.48 bits per heavy atom. The molecule has 2 unspecified atom stereocenters. The van der Waals surface area contributed by atoms with Gasteiger partial charge in [-0.25, -0.2) is 4.98 Å². The van der Waals surface area contributed by atoms with Crippen molar-refractivity contribution in [3.63, 3.8) is 0 Å². The summed E-state index contributed by atoms with van der Waals surface area (Å²) in [6.45, 7) is 4.70. The standard InChI is InChI=1S/C14H20N4O3/c1-9-4-5-10(2)17(8-9)14(19)11-6-13(15-3)16-7-12(11)18(20)21/h6-7,9-10H,4-5,8H2,1-3H3,(H,15,16). The molecule has 1 N–H and O–H groups in total. The van der Waals surface area contributed by atoms with Gasteiger partial charge in [0.1, 0.15) is 17.6 Å². The van der Waals surface area contributed by atoms with Gasteiger partial charge < -0.3 is 10.2 Å². The summed E-state index contributed by atoms with van der Waals surface area (Å²) in [4.78, 5) is 28.9. The van der Waals surface area contributed by atoms with Crippen LogP contribution in [0.3, 0.4) is 0 Å². The summed E-state index contributed by atoms with van der Waals surface area (Å²) < 4.78 is 0. The minimum atomic E-state index is -0.558. The highest BCUT2D eigenvalue weighted by atomic mass is 16.6. The van der Waals surface area contributed by atoms with E-state index in [9.17, 15) is 14.9 Å². The molecule has 1 aromatic heterocycles. The number of amides is 1. The van der Waals surface area contributed by atoms with Crippen LogP contribution in [-0.2, 0) is 0 Å². The van der Waals surface area contributed by atoms with Gasteiger partial charge in [-0.2, -0.15) is 0 Å². The largest absolute Gasteiger partial charge is 0.373 e.